The number of nitrogens with zero attached hydrogens (tertiary/aromatic N) is 4. The molecule has 152 valence electrons. The molecule has 5 heteroatoms. The molecule has 30 heavy (non-hydrogen) atoms. The first-order chi connectivity index (χ1) is 14.3. The van der Waals surface area contributed by atoms with E-state index >= 15 is 0 Å². The molecular weight excluding hydrogens is 372 g/mol. The number of hydrogen-bond donors (Lipinski definition) is 0. The molecule has 0 heterocycles. The quantitative estimate of drug-likeness (QED) is 0.636. The van der Waals surface area contributed by atoms with Gasteiger partial charge in [-0.1, -0.05) is 36.4 Å². The highest BCUT2D eigenvalue weighted by Crippen LogP contribution is 2.26. The average Bonchev–Trinajstić information content (AvgIpc) is 2.74. The van der Waals surface area contributed by atoms with Crippen molar-refractivity contribution < 1.29 is 4.79 Å². The third-order valence-corrected chi connectivity index (χ3v) is 4.46. The fourth-order valence-electron chi connectivity index (χ4n) is 2.82. The molecule has 2 rings (SSSR count). The molecule has 0 saturated heterocycles. The summed E-state index contributed by atoms with van der Waals surface area (Å²) >= 11 is 0. The van der Waals surface area contributed by atoms with E-state index in [0.717, 1.165) is 11.1 Å². The number of carbonyl (C=O) groups excluding carboxylic acids is 1. The number of allylic oxidation sites excluding steroid dienone is 2. The Labute approximate surface area is 178 Å². The van der Waals surface area contributed by atoms with Gasteiger partial charge in [-0.2, -0.15) is 10.5 Å². The van der Waals surface area contributed by atoms with Gasteiger partial charge in [-0.05, 0) is 63.6 Å². The molecule has 0 unspecified atom stereocenters. The summed E-state index contributed by atoms with van der Waals surface area (Å²) in [6.07, 6.45) is 3.83. The van der Waals surface area contributed by atoms with E-state index in [1.165, 1.54) is 0 Å². The van der Waals surface area contributed by atoms with Crippen molar-refractivity contribution in [2.24, 2.45) is 0 Å². The molecule has 0 radical (unpaired) electrons. The fraction of sp³-hybridized carbons (Fsp3) is 0.240. The minimum Gasteiger partial charge on any atom is -0.306 e. The van der Waals surface area contributed by atoms with Crippen LogP contribution in [0.25, 0.3) is 11.1 Å². The van der Waals surface area contributed by atoms with Crippen LogP contribution in [0.4, 0.5) is 0 Å². The molecule has 0 bridgehead atoms. The monoisotopic (exact) mass is 398 g/mol. The fourth-order valence-corrected chi connectivity index (χ4v) is 2.82. The van der Waals surface area contributed by atoms with E-state index in [1.807, 2.05) is 50.1 Å². The molecule has 2 aromatic carbocycles. The summed E-state index contributed by atoms with van der Waals surface area (Å²) in [5.74, 6) is -0.0897. The van der Waals surface area contributed by atoms with Gasteiger partial charge in [0.2, 0.25) is 0 Å². The lowest BCUT2D eigenvalue weighted by molar-refractivity contribution is -0.108. The Morgan fingerprint density at radius 3 is 1.33 bits per heavy atom. The summed E-state index contributed by atoms with van der Waals surface area (Å²) in [6, 6.07) is 18.3. The largest absolute Gasteiger partial charge is 0.306 e. The highest BCUT2D eigenvalue weighted by Gasteiger charge is 2.19. The summed E-state index contributed by atoms with van der Waals surface area (Å²) in [6.45, 7) is 1.21. The Hall–Kier alpha value is -3.51. The van der Waals surface area contributed by atoms with Gasteiger partial charge >= 0.3 is 0 Å². The van der Waals surface area contributed by atoms with Crippen molar-refractivity contribution in [1.82, 2.24) is 9.80 Å². The van der Waals surface area contributed by atoms with Crippen LogP contribution in [0.3, 0.4) is 0 Å². The molecule has 0 N–H and O–H groups in total. The molecule has 0 aliphatic carbocycles. The van der Waals surface area contributed by atoms with E-state index in [2.05, 4.69) is 12.1 Å². The molecular formula is C25H26N4O. The van der Waals surface area contributed by atoms with Crippen molar-refractivity contribution in [2.45, 2.75) is 0 Å². The summed E-state index contributed by atoms with van der Waals surface area (Å²) in [7, 11) is 7.78. The molecule has 0 aliphatic rings. The van der Waals surface area contributed by atoms with Crippen molar-refractivity contribution >= 4 is 16.9 Å². The number of Topliss-reactive ketones (excluding diaryl/α,β-unsaturated/α-hetero) is 1. The van der Waals surface area contributed by atoms with Gasteiger partial charge in [0.15, 0.2) is 5.78 Å². The van der Waals surface area contributed by atoms with E-state index in [0.29, 0.717) is 35.4 Å². The molecule has 0 amide bonds. The van der Waals surface area contributed by atoms with Crippen LogP contribution in [0.15, 0.2) is 60.7 Å². The zero-order chi connectivity index (χ0) is 22.1. The minimum absolute atomic E-state index is 0.0897. The first-order valence-electron chi connectivity index (χ1n) is 9.61. The Kier molecular flexibility index (Phi) is 8.26. The van der Waals surface area contributed by atoms with Crippen LogP contribution in [-0.4, -0.2) is 56.9 Å². The summed E-state index contributed by atoms with van der Waals surface area (Å²) < 4.78 is 0. The predicted octanol–water partition coefficient (Wildman–Crippen LogP) is 3.59. The zero-order valence-corrected chi connectivity index (χ0v) is 17.9. The SMILES string of the molecule is CN(C)CC=C(C(=O)C(=CCN(C)C)c1ccc(C#N)cc1)c1ccc(C#N)cc1. The molecule has 0 aliphatic heterocycles. The predicted molar refractivity (Wildman–Crippen MR) is 120 cm³/mol. The molecule has 0 fully saturated rings. The van der Waals surface area contributed by atoms with Crippen LogP contribution < -0.4 is 0 Å². The van der Waals surface area contributed by atoms with Gasteiger partial charge in [0.1, 0.15) is 0 Å². The smallest absolute Gasteiger partial charge is 0.193 e. The number of carbonyl (C=O) groups is 1. The van der Waals surface area contributed by atoms with Crippen molar-refractivity contribution in [3.05, 3.63) is 82.9 Å². The van der Waals surface area contributed by atoms with Crippen LogP contribution in [0.1, 0.15) is 22.3 Å². The number of nitriles is 2. The van der Waals surface area contributed by atoms with E-state index in [4.69, 9.17) is 10.5 Å². The third kappa shape index (κ3) is 6.25. The number of benzene rings is 2. The van der Waals surface area contributed by atoms with Gasteiger partial charge in [0.25, 0.3) is 0 Å². The topological polar surface area (TPSA) is 71.1 Å². The number of hydrogen-bond acceptors (Lipinski definition) is 5. The molecule has 0 aromatic heterocycles. The standard InChI is InChI=1S/C25H26N4O/c1-28(2)15-13-23(21-9-5-19(17-26)6-10-21)25(30)24(14-16-29(3)4)22-11-7-20(18-27)8-12-22/h5-14H,15-16H2,1-4H3. The van der Waals surface area contributed by atoms with E-state index in [-0.39, 0.29) is 5.78 Å². The lowest BCUT2D eigenvalue weighted by Gasteiger charge is -2.15. The van der Waals surface area contributed by atoms with Gasteiger partial charge in [-0.25, -0.2) is 0 Å². The van der Waals surface area contributed by atoms with Gasteiger partial charge in [-0.15, -0.1) is 0 Å². The summed E-state index contributed by atoms with van der Waals surface area (Å²) in [4.78, 5) is 17.7. The molecule has 2 aromatic rings. The Morgan fingerprint density at radius 2 is 1.07 bits per heavy atom. The Morgan fingerprint density at radius 1 is 0.733 bits per heavy atom. The van der Waals surface area contributed by atoms with Gasteiger partial charge in [0, 0.05) is 24.2 Å². The van der Waals surface area contributed by atoms with Crippen LogP contribution >= 0.6 is 0 Å². The maximum atomic E-state index is 13.7. The van der Waals surface area contributed by atoms with E-state index < -0.39 is 0 Å². The number of rotatable bonds is 8. The molecule has 0 spiro atoms. The van der Waals surface area contributed by atoms with Crippen LogP contribution in [-0.2, 0) is 4.79 Å². The van der Waals surface area contributed by atoms with E-state index in [1.54, 1.807) is 48.5 Å². The first kappa shape index (κ1) is 22.8. The van der Waals surface area contributed by atoms with Crippen molar-refractivity contribution in [2.75, 3.05) is 41.3 Å². The second-order valence-corrected chi connectivity index (χ2v) is 7.47. The van der Waals surface area contributed by atoms with Gasteiger partial charge in [-0.3, -0.25) is 4.79 Å². The zero-order valence-electron chi connectivity index (χ0n) is 17.9. The Balaban J connectivity index is 2.54. The normalized spacial score (nSPS) is 12.0. The lowest BCUT2D eigenvalue weighted by atomic mass is 9.91. The summed E-state index contributed by atoms with van der Waals surface area (Å²) in [5, 5.41) is 18.2. The molecule has 0 saturated carbocycles. The third-order valence-electron chi connectivity index (χ3n) is 4.46. The second kappa shape index (κ2) is 10.9. The van der Waals surface area contributed by atoms with Crippen molar-refractivity contribution in [3.8, 4) is 12.1 Å². The van der Waals surface area contributed by atoms with Crippen LogP contribution in [0.5, 0.6) is 0 Å². The van der Waals surface area contributed by atoms with Crippen molar-refractivity contribution in [1.29, 1.82) is 10.5 Å². The molecule has 0 atom stereocenters. The van der Waals surface area contributed by atoms with Gasteiger partial charge < -0.3 is 9.80 Å². The maximum absolute atomic E-state index is 13.7. The summed E-state index contributed by atoms with van der Waals surface area (Å²) in [5.41, 5.74) is 3.81. The second-order valence-electron chi connectivity index (χ2n) is 7.47. The number of ketones is 1. The average molecular weight is 399 g/mol. The van der Waals surface area contributed by atoms with Crippen LogP contribution in [0, 0.1) is 22.7 Å². The van der Waals surface area contributed by atoms with Crippen molar-refractivity contribution in [3.63, 3.8) is 0 Å². The van der Waals surface area contributed by atoms with E-state index in [9.17, 15) is 4.79 Å². The maximum Gasteiger partial charge on any atom is 0.193 e. The van der Waals surface area contributed by atoms with Gasteiger partial charge in [0.05, 0.1) is 23.3 Å². The minimum atomic E-state index is -0.0897. The molecule has 5 nitrogen and oxygen atoms in total. The first-order valence-corrected chi connectivity index (χ1v) is 9.61. The highest BCUT2D eigenvalue weighted by atomic mass is 16.1. The van der Waals surface area contributed by atoms with Crippen LogP contribution in [0.2, 0.25) is 0 Å². The number of likely N-dealkylation sites (N-methyl/N-ethyl adjacent to an activating group) is 2. The lowest BCUT2D eigenvalue weighted by Crippen LogP contribution is -2.15. The highest BCUT2D eigenvalue weighted by molar-refractivity contribution is 6.42. The Bertz CT molecular complexity index is 931.